The van der Waals surface area contributed by atoms with E-state index in [0.717, 1.165) is 0 Å². The molecule has 1 saturated heterocycles. The number of carbonyl (C=O) groups excluding carboxylic acids is 2. The molecule has 140 valence electrons. The quantitative estimate of drug-likeness (QED) is 0.660. The number of carbonyl (C=O) groups is 2. The Kier molecular flexibility index (Phi) is 4.12. The van der Waals surface area contributed by atoms with E-state index >= 15 is 0 Å². The Morgan fingerprint density at radius 2 is 2.21 bits per heavy atom. The first-order chi connectivity index (χ1) is 13.2. The maximum absolute atomic E-state index is 13.0. The number of nitrogens with zero attached hydrogens (tertiary/aromatic N) is 5. The van der Waals surface area contributed by atoms with Gasteiger partial charge in [-0.15, -0.1) is 0 Å². The van der Waals surface area contributed by atoms with Crippen LogP contribution < -0.4 is 5.46 Å². The zero-order valence-corrected chi connectivity index (χ0v) is 15.7. The lowest BCUT2D eigenvalue weighted by molar-refractivity contribution is -0.134. The third-order valence-corrected chi connectivity index (χ3v) is 5.18. The van der Waals surface area contributed by atoms with E-state index in [1.807, 2.05) is 6.07 Å². The summed E-state index contributed by atoms with van der Waals surface area (Å²) in [5, 5.41) is 13.6. The van der Waals surface area contributed by atoms with Crippen molar-refractivity contribution in [1.29, 1.82) is 5.26 Å². The molecule has 2 aromatic heterocycles. The zero-order valence-electron chi connectivity index (χ0n) is 15.7. The highest BCUT2D eigenvalue weighted by Gasteiger charge is 2.48. The van der Waals surface area contributed by atoms with Gasteiger partial charge in [0.05, 0.1) is 18.7 Å². The summed E-state index contributed by atoms with van der Waals surface area (Å²) < 4.78 is 7.45. The van der Waals surface area contributed by atoms with Gasteiger partial charge >= 0.3 is 0 Å². The molecule has 1 spiro atoms. The average molecular weight is 375 g/mol. The molecule has 0 bridgehead atoms. The van der Waals surface area contributed by atoms with Crippen LogP contribution in [0.5, 0.6) is 0 Å². The standard InChI is InChI=1S/C19H18BN5O3/c1-18(2)10-19(6-12(7-21)16(18)26)11-24(3-4-28-19)17(27)14-5-15-22-8-13(20)9-25(15)23-14/h5-6,8-9H,3-4,10-11H2,1-2H3. The number of ketones is 1. The maximum Gasteiger partial charge on any atom is 0.274 e. The summed E-state index contributed by atoms with van der Waals surface area (Å²) >= 11 is 0. The monoisotopic (exact) mass is 375 g/mol. The molecule has 3 heterocycles. The van der Waals surface area contributed by atoms with Gasteiger partial charge in [0, 0.05) is 30.4 Å². The number of ether oxygens (including phenoxy) is 1. The van der Waals surface area contributed by atoms with Crippen LogP contribution in [0.15, 0.2) is 30.1 Å². The number of rotatable bonds is 1. The van der Waals surface area contributed by atoms with E-state index in [1.54, 1.807) is 37.1 Å². The van der Waals surface area contributed by atoms with Gasteiger partial charge in [0.1, 0.15) is 19.5 Å². The van der Waals surface area contributed by atoms with Gasteiger partial charge in [-0.05, 0) is 12.5 Å². The fourth-order valence-corrected chi connectivity index (χ4v) is 3.99. The Labute approximate surface area is 163 Å². The van der Waals surface area contributed by atoms with Crippen LogP contribution in [0.2, 0.25) is 0 Å². The number of allylic oxidation sites excluding steroid dienone is 1. The van der Waals surface area contributed by atoms with E-state index in [2.05, 4.69) is 10.1 Å². The van der Waals surface area contributed by atoms with Gasteiger partial charge in [0.2, 0.25) is 0 Å². The normalized spacial score (nSPS) is 24.2. The summed E-state index contributed by atoms with van der Waals surface area (Å²) in [6.07, 6.45) is 5.07. The predicted octanol–water partition coefficient (Wildman–Crippen LogP) is 0.183. The number of hydrogen-bond donors (Lipinski definition) is 0. The smallest absolute Gasteiger partial charge is 0.274 e. The van der Waals surface area contributed by atoms with Crippen molar-refractivity contribution in [2.24, 2.45) is 5.41 Å². The summed E-state index contributed by atoms with van der Waals surface area (Å²) in [7, 11) is 5.71. The molecule has 1 amide bonds. The molecule has 4 rings (SSSR count). The number of nitriles is 1. The molecular weight excluding hydrogens is 357 g/mol. The van der Waals surface area contributed by atoms with Crippen LogP contribution in [0.1, 0.15) is 30.8 Å². The molecular formula is C19H18BN5O3. The highest BCUT2D eigenvalue weighted by atomic mass is 16.5. The van der Waals surface area contributed by atoms with Gasteiger partial charge in [0.25, 0.3) is 5.91 Å². The van der Waals surface area contributed by atoms with E-state index in [-0.39, 0.29) is 29.5 Å². The van der Waals surface area contributed by atoms with E-state index in [9.17, 15) is 14.9 Å². The number of fused-ring (bicyclic) bond motifs is 1. The van der Waals surface area contributed by atoms with Crippen molar-refractivity contribution in [3.05, 3.63) is 35.8 Å². The van der Waals surface area contributed by atoms with Crippen molar-refractivity contribution in [2.45, 2.75) is 25.9 Å². The van der Waals surface area contributed by atoms with Crippen LogP contribution in [0.25, 0.3) is 5.65 Å². The van der Waals surface area contributed by atoms with E-state index in [1.165, 1.54) is 10.7 Å². The van der Waals surface area contributed by atoms with Gasteiger partial charge in [-0.1, -0.05) is 19.3 Å². The van der Waals surface area contributed by atoms with Crippen molar-refractivity contribution >= 4 is 30.6 Å². The molecule has 1 atom stereocenters. The molecule has 8 nitrogen and oxygen atoms in total. The Morgan fingerprint density at radius 3 is 2.96 bits per heavy atom. The first kappa shape index (κ1) is 18.4. The highest BCUT2D eigenvalue weighted by molar-refractivity contribution is 6.31. The van der Waals surface area contributed by atoms with E-state index in [0.29, 0.717) is 30.7 Å². The minimum atomic E-state index is -0.863. The second-order valence-electron chi connectivity index (χ2n) is 7.92. The van der Waals surface area contributed by atoms with Crippen LogP contribution in [0.4, 0.5) is 0 Å². The van der Waals surface area contributed by atoms with Gasteiger partial charge in [-0.3, -0.25) is 9.59 Å². The second kappa shape index (κ2) is 6.28. The number of aromatic nitrogens is 3. The highest BCUT2D eigenvalue weighted by Crippen LogP contribution is 2.41. The second-order valence-corrected chi connectivity index (χ2v) is 7.92. The molecule has 1 aliphatic heterocycles. The van der Waals surface area contributed by atoms with Crippen LogP contribution in [-0.4, -0.2) is 64.3 Å². The number of Topliss-reactive ketones (excluding diaryl/α,β-unsaturated/α-hetero) is 1. The van der Waals surface area contributed by atoms with E-state index in [4.69, 9.17) is 12.6 Å². The molecule has 2 aromatic rings. The maximum atomic E-state index is 13.0. The lowest BCUT2D eigenvalue weighted by Crippen LogP contribution is -2.57. The number of amides is 1. The molecule has 1 unspecified atom stereocenters. The third-order valence-electron chi connectivity index (χ3n) is 5.18. The average Bonchev–Trinajstić information content (AvgIpc) is 3.07. The van der Waals surface area contributed by atoms with Crippen molar-refractivity contribution in [3.63, 3.8) is 0 Å². The van der Waals surface area contributed by atoms with Gasteiger partial charge in [-0.2, -0.15) is 10.4 Å². The molecule has 2 aliphatic rings. The fourth-order valence-electron chi connectivity index (χ4n) is 3.99. The minimum absolute atomic E-state index is 0.0814. The lowest BCUT2D eigenvalue weighted by atomic mass is 9.69. The molecule has 0 saturated carbocycles. The van der Waals surface area contributed by atoms with Crippen molar-refractivity contribution < 1.29 is 14.3 Å². The molecule has 1 fully saturated rings. The van der Waals surface area contributed by atoms with Crippen LogP contribution in [0, 0.1) is 16.7 Å². The predicted molar refractivity (Wildman–Crippen MR) is 100 cm³/mol. The minimum Gasteiger partial charge on any atom is -0.367 e. The molecule has 9 heteroatoms. The number of morpholine rings is 1. The van der Waals surface area contributed by atoms with Crippen LogP contribution >= 0.6 is 0 Å². The van der Waals surface area contributed by atoms with Crippen molar-refractivity contribution in [3.8, 4) is 6.07 Å². The Bertz CT molecular complexity index is 1070. The Morgan fingerprint density at radius 1 is 1.43 bits per heavy atom. The summed E-state index contributed by atoms with van der Waals surface area (Å²) in [4.78, 5) is 31.3. The molecule has 2 radical (unpaired) electrons. The summed E-state index contributed by atoms with van der Waals surface area (Å²) in [6, 6.07) is 3.58. The first-order valence-corrected chi connectivity index (χ1v) is 8.95. The van der Waals surface area contributed by atoms with Crippen LogP contribution in [-0.2, 0) is 9.53 Å². The fraction of sp³-hybridized carbons (Fsp3) is 0.421. The molecule has 0 aromatic carbocycles. The van der Waals surface area contributed by atoms with Gasteiger partial charge < -0.3 is 9.64 Å². The summed E-state index contributed by atoms with van der Waals surface area (Å²) in [5.41, 5.74) is -0.294. The van der Waals surface area contributed by atoms with Gasteiger partial charge in [-0.25, -0.2) is 9.50 Å². The summed E-state index contributed by atoms with van der Waals surface area (Å²) in [6.45, 7) is 4.54. The summed E-state index contributed by atoms with van der Waals surface area (Å²) in [5.74, 6) is -0.454. The van der Waals surface area contributed by atoms with Gasteiger partial charge in [0.15, 0.2) is 17.1 Å². The van der Waals surface area contributed by atoms with E-state index < -0.39 is 11.0 Å². The Balaban J connectivity index is 1.64. The first-order valence-electron chi connectivity index (χ1n) is 8.95. The number of hydrogen-bond acceptors (Lipinski definition) is 6. The molecule has 28 heavy (non-hydrogen) atoms. The SMILES string of the molecule is [B]c1cnc2cc(C(=O)N3CCOC4(C=C(C#N)C(=O)C(C)(C)C4)C3)nn2c1. The molecule has 1 aliphatic carbocycles. The third kappa shape index (κ3) is 3.00. The lowest BCUT2D eigenvalue weighted by Gasteiger charge is -2.46. The van der Waals surface area contributed by atoms with Crippen molar-refractivity contribution in [2.75, 3.05) is 19.7 Å². The molecule has 0 N–H and O–H groups in total. The zero-order chi connectivity index (χ0) is 20.1. The topological polar surface area (TPSA) is 101 Å². The van der Waals surface area contributed by atoms with Crippen LogP contribution in [0.3, 0.4) is 0 Å². The Hall–Kier alpha value is -2.99. The largest absolute Gasteiger partial charge is 0.367 e. The van der Waals surface area contributed by atoms with Crippen molar-refractivity contribution in [1.82, 2.24) is 19.5 Å².